The smallest absolute Gasteiger partial charge is 0.267 e. The highest BCUT2D eigenvalue weighted by Gasteiger charge is 2.17. The maximum atomic E-state index is 12.6. The SMILES string of the molecule is CCCn1nc(C(=O)NNC(=O)c2ccc(Br)cc2)c2ccccc2c1=O. The molecular formula is C19H17BrN4O3. The van der Waals surface area contributed by atoms with Gasteiger partial charge < -0.3 is 0 Å². The number of nitrogens with zero attached hydrogens (tertiary/aromatic N) is 2. The molecule has 8 heteroatoms. The lowest BCUT2D eigenvalue weighted by Crippen LogP contribution is -2.42. The van der Waals surface area contributed by atoms with E-state index in [0.29, 0.717) is 29.3 Å². The summed E-state index contributed by atoms with van der Waals surface area (Å²) in [7, 11) is 0. The number of halogens is 1. The molecule has 0 bridgehead atoms. The minimum atomic E-state index is -0.596. The molecule has 1 heterocycles. The molecule has 2 N–H and O–H groups in total. The van der Waals surface area contributed by atoms with E-state index in [0.717, 1.165) is 4.47 Å². The molecule has 27 heavy (non-hydrogen) atoms. The number of hydrogen-bond acceptors (Lipinski definition) is 4. The van der Waals surface area contributed by atoms with Gasteiger partial charge in [0.1, 0.15) is 0 Å². The number of nitrogens with one attached hydrogen (secondary N) is 2. The Hall–Kier alpha value is -3.00. The number of aromatic nitrogens is 2. The number of rotatable bonds is 4. The van der Waals surface area contributed by atoms with E-state index in [2.05, 4.69) is 31.9 Å². The fourth-order valence-corrected chi connectivity index (χ4v) is 2.88. The van der Waals surface area contributed by atoms with Crippen LogP contribution in [0.15, 0.2) is 57.8 Å². The molecule has 3 rings (SSSR count). The van der Waals surface area contributed by atoms with Crippen molar-refractivity contribution in [3.63, 3.8) is 0 Å². The van der Waals surface area contributed by atoms with Crippen LogP contribution >= 0.6 is 15.9 Å². The quantitative estimate of drug-likeness (QED) is 0.624. The van der Waals surface area contributed by atoms with Gasteiger partial charge in [-0.25, -0.2) is 4.68 Å². The standard InChI is InChI=1S/C19H17BrN4O3/c1-2-11-24-19(27)15-6-4-3-5-14(15)16(23-24)18(26)22-21-17(25)12-7-9-13(20)10-8-12/h3-10H,2,11H2,1H3,(H,21,25)(H,22,26). The van der Waals surface area contributed by atoms with E-state index < -0.39 is 11.8 Å². The second-order valence-electron chi connectivity index (χ2n) is 5.84. The largest absolute Gasteiger partial charge is 0.290 e. The second-order valence-corrected chi connectivity index (χ2v) is 6.75. The Morgan fingerprint density at radius 1 is 1.00 bits per heavy atom. The van der Waals surface area contributed by atoms with Crippen molar-refractivity contribution >= 4 is 38.5 Å². The van der Waals surface area contributed by atoms with Crippen LogP contribution in [0, 0.1) is 0 Å². The maximum Gasteiger partial charge on any atom is 0.290 e. The maximum absolute atomic E-state index is 12.6. The predicted octanol–water partition coefficient (Wildman–Crippen LogP) is 2.64. The zero-order chi connectivity index (χ0) is 19.4. The van der Waals surface area contributed by atoms with Crippen LogP contribution in [0.25, 0.3) is 10.8 Å². The molecule has 1 aromatic heterocycles. The molecule has 2 amide bonds. The first-order chi connectivity index (χ1) is 13.0. The summed E-state index contributed by atoms with van der Waals surface area (Å²) in [6.07, 6.45) is 0.701. The van der Waals surface area contributed by atoms with Gasteiger partial charge in [-0.05, 0) is 36.8 Å². The molecule has 7 nitrogen and oxygen atoms in total. The summed E-state index contributed by atoms with van der Waals surface area (Å²) in [6, 6.07) is 13.5. The summed E-state index contributed by atoms with van der Waals surface area (Å²) in [5.74, 6) is -1.05. The Bertz CT molecular complexity index is 1060. The van der Waals surface area contributed by atoms with E-state index in [4.69, 9.17) is 0 Å². The van der Waals surface area contributed by atoms with Crippen molar-refractivity contribution in [2.75, 3.05) is 0 Å². The molecule has 2 aromatic carbocycles. The molecule has 0 saturated carbocycles. The normalized spacial score (nSPS) is 10.6. The molecule has 0 atom stereocenters. The lowest BCUT2D eigenvalue weighted by Gasteiger charge is -2.11. The highest BCUT2D eigenvalue weighted by Crippen LogP contribution is 2.13. The van der Waals surface area contributed by atoms with Crippen LogP contribution in [0.5, 0.6) is 0 Å². The van der Waals surface area contributed by atoms with Crippen LogP contribution in [0.4, 0.5) is 0 Å². The first-order valence-electron chi connectivity index (χ1n) is 8.37. The molecule has 0 aliphatic carbocycles. The fraction of sp³-hybridized carbons (Fsp3) is 0.158. The van der Waals surface area contributed by atoms with Gasteiger partial charge >= 0.3 is 0 Å². The molecule has 0 spiro atoms. The number of carbonyl (C=O) groups is 2. The summed E-state index contributed by atoms with van der Waals surface area (Å²) in [5, 5.41) is 5.03. The molecule has 0 radical (unpaired) electrons. The minimum Gasteiger partial charge on any atom is -0.267 e. The van der Waals surface area contributed by atoms with Crippen molar-refractivity contribution in [2.24, 2.45) is 0 Å². The summed E-state index contributed by atoms with van der Waals surface area (Å²) < 4.78 is 2.12. The number of aryl methyl sites for hydroxylation is 1. The van der Waals surface area contributed by atoms with Gasteiger partial charge in [0.25, 0.3) is 17.4 Å². The van der Waals surface area contributed by atoms with Crippen LogP contribution in [0.3, 0.4) is 0 Å². The molecule has 0 aliphatic rings. The molecule has 3 aromatic rings. The van der Waals surface area contributed by atoms with Gasteiger partial charge in [0.2, 0.25) is 0 Å². The third kappa shape index (κ3) is 4.06. The van der Waals surface area contributed by atoms with Crippen molar-refractivity contribution in [2.45, 2.75) is 19.9 Å². The average Bonchev–Trinajstić information content (AvgIpc) is 2.68. The molecular weight excluding hydrogens is 412 g/mol. The van der Waals surface area contributed by atoms with Gasteiger partial charge in [-0.1, -0.05) is 41.1 Å². The fourth-order valence-electron chi connectivity index (χ4n) is 2.61. The summed E-state index contributed by atoms with van der Waals surface area (Å²) >= 11 is 3.30. The van der Waals surface area contributed by atoms with E-state index in [1.807, 2.05) is 6.92 Å². The van der Waals surface area contributed by atoms with Crippen LogP contribution in [0.2, 0.25) is 0 Å². The lowest BCUT2D eigenvalue weighted by atomic mass is 10.1. The first kappa shape index (κ1) is 18.8. The van der Waals surface area contributed by atoms with E-state index in [-0.39, 0.29) is 11.3 Å². The number of fused-ring (bicyclic) bond motifs is 1. The van der Waals surface area contributed by atoms with E-state index in [9.17, 15) is 14.4 Å². The molecule has 0 saturated heterocycles. The Labute approximate surface area is 163 Å². The average molecular weight is 429 g/mol. The van der Waals surface area contributed by atoms with Gasteiger partial charge in [-0.15, -0.1) is 0 Å². The van der Waals surface area contributed by atoms with E-state index >= 15 is 0 Å². The van der Waals surface area contributed by atoms with Crippen molar-refractivity contribution in [1.29, 1.82) is 0 Å². The van der Waals surface area contributed by atoms with Gasteiger partial charge in [0, 0.05) is 22.0 Å². The Kier molecular flexibility index (Phi) is 5.66. The molecule has 0 aliphatic heterocycles. The number of benzene rings is 2. The highest BCUT2D eigenvalue weighted by atomic mass is 79.9. The van der Waals surface area contributed by atoms with Crippen molar-refractivity contribution in [1.82, 2.24) is 20.6 Å². The number of hydrazine groups is 1. The summed E-state index contributed by atoms with van der Waals surface area (Å²) in [4.78, 5) is 37.2. The zero-order valence-corrected chi connectivity index (χ0v) is 16.1. The predicted molar refractivity (Wildman–Crippen MR) is 105 cm³/mol. The third-order valence-corrected chi connectivity index (χ3v) is 4.44. The third-order valence-electron chi connectivity index (χ3n) is 3.91. The lowest BCUT2D eigenvalue weighted by molar-refractivity contribution is 0.0843. The summed E-state index contributed by atoms with van der Waals surface area (Å²) in [6.45, 7) is 2.32. The van der Waals surface area contributed by atoms with Crippen molar-refractivity contribution in [3.8, 4) is 0 Å². The van der Waals surface area contributed by atoms with E-state index in [1.165, 1.54) is 4.68 Å². The monoisotopic (exact) mass is 428 g/mol. The Morgan fingerprint density at radius 2 is 1.63 bits per heavy atom. The van der Waals surface area contributed by atoms with Gasteiger partial charge in [-0.3, -0.25) is 25.2 Å². The Balaban J connectivity index is 1.87. The first-order valence-corrected chi connectivity index (χ1v) is 9.16. The van der Waals surface area contributed by atoms with Crippen molar-refractivity contribution in [3.05, 3.63) is 74.6 Å². The van der Waals surface area contributed by atoms with Crippen LogP contribution in [0.1, 0.15) is 34.2 Å². The van der Waals surface area contributed by atoms with Crippen LogP contribution in [-0.4, -0.2) is 21.6 Å². The number of amides is 2. The summed E-state index contributed by atoms with van der Waals surface area (Å²) in [5.41, 5.74) is 4.96. The van der Waals surface area contributed by atoms with Crippen LogP contribution in [-0.2, 0) is 6.54 Å². The highest BCUT2D eigenvalue weighted by molar-refractivity contribution is 9.10. The number of hydrogen-bond donors (Lipinski definition) is 2. The van der Waals surface area contributed by atoms with Gasteiger partial charge in [-0.2, -0.15) is 5.10 Å². The topological polar surface area (TPSA) is 93.1 Å². The molecule has 0 unspecified atom stereocenters. The Morgan fingerprint density at radius 3 is 2.30 bits per heavy atom. The van der Waals surface area contributed by atoms with Crippen molar-refractivity contribution < 1.29 is 9.59 Å². The van der Waals surface area contributed by atoms with E-state index in [1.54, 1.807) is 48.5 Å². The van der Waals surface area contributed by atoms with Gasteiger partial charge in [0.15, 0.2) is 5.69 Å². The molecule has 138 valence electrons. The zero-order valence-electron chi connectivity index (χ0n) is 14.5. The van der Waals surface area contributed by atoms with Crippen LogP contribution < -0.4 is 16.4 Å². The molecule has 0 fully saturated rings. The van der Waals surface area contributed by atoms with Gasteiger partial charge in [0.05, 0.1) is 5.39 Å². The minimum absolute atomic E-state index is 0.0785. The number of carbonyl (C=O) groups excluding carboxylic acids is 2. The second kappa shape index (κ2) is 8.13.